The Morgan fingerprint density at radius 3 is 2.60 bits per heavy atom. The molecular formula is C15H19NO4. The third kappa shape index (κ3) is 6.70. The second-order valence-electron chi connectivity index (χ2n) is 4.29. The number of carboxylic acids is 1. The zero-order chi connectivity index (χ0) is 14.8. The molecule has 0 saturated carbocycles. The molecule has 0 radical (unpaired) electrons. The molecule has 20 heavy (non-hydrogen) atoms. The van der Waals surface area contributed by atoms with Crippen molar-refractivity contribution in [3.8, 4) is 0 Å². The van der Waals surface area contributed by atoms with E-state index in [-0.39, 0.29) is 5.91 Å². The Hall–Kier alpha value is -2.14. The number of amides is 1. The van der Waals surface area contributed by atoms with Gasteiger partial charge in [-0.15, -0.1) is 0 Å². The molecule has 0 aromatic heterocycles. The number of carboxylic acid groups (broad SMARTS) is 1. The van der Waals surface area contributed by atoms with Crippen molar-refractivity contribution >= 4 is 18.0 Å². The van der Waals surface area contributed by atoms with Gasteiger partial charge in [0.05, 0.1) is 0 Å². The zero-order valence-corrected chi connectivity index (χ0v) is 11.5. The number of carbonyl (C=O) groups is 2. The van der Waals surface area contributed by atoms with Crippen LogP contribution in [0.15, 0.2) is 30.3 Å². The van der Waals surface area contributed by atoms with E-state index in [1.165, 1.54) is 6.08 Å². The summed E-state index contributed by atoms with van der Waals surface area (Å²) in [4.78, 5) is 21.9. The van der Waals surface area contributed by atoms with Gasteiger partial charge >= 0.3 is 5.97 Å². The molecule has 2 N–H and O–H groups in total. The number of carbonyl (C=O) groups excluding carboxylic acids is 1. The van der Waals surface area contributed by atoms with Crippen molar-refractivity contribution in [2.24, 2.45) is 0 Å². The first kappa shape index (κ1) is 15.9. The SMILES string of the molecule is COCCCC(=O)NCc1ccc(/C=C/C(=O)O)cc1. The van der Waals surface area contributed by atoms with E-state index in [0.717, 1.165) is 17.2 Å². The van der Waals surface area contributed by atoms with Gasteiger partial charge in [0.1, 0.15) is 0 Å². The van der Waals surface area contributed by atoms with Gasteiger partial charge in [-0.1, -0.05) is 24.3 Å². The molecule has 1 aromatic carbocycles. The van der Waals surface area contributed by atoms with Crippen molar-refractivity contribution in [1.29, 1.82) is 0 Å². The lowest BCUT2D eigenvalue weighted by Crippen LogP contribution is -2.22. The largest absolute Gasteiger partial charge is 0.478 e. The van der Waals surface area contributed by atoms with E-state index in [1.807, 2.05) is 24.3 Å². The second kappa shape index (κ2) is 8.87. The average molecular weight is 277 g/mol. The van der Waals surface area contributed by atoms with Gasteiger partial charge in [0, 0.05) is 32.8 Å². The van der Waals surface area contributed by atoms with Crippen LogP contribution in [0.2, 0.25) is 0 Å². The quantitative estimate of drug-likeness (QED) is 0.561. The number of nitrogens with one attached hydrogen (secondary N) is 1. The molecule has 1 aromatic rings. The van der Waals surface area contributed by atoms with E-state index in [1.54, 1.807) is 7.11 Å². The van der Waals surface area contributed by atoms with Gasteiger partial charge in [-0.3, -0.25) is 4.79 Å². The zero-order valence-electron chi connectivity index (χ0n) is 11.5. The molecule has 108 valence electrons. The van der Waals surface area contributed by atoms with E-state index in [2.05, 4.69) is 5.32 Å². The summed E-state index contributed by atoms with van der Waals surface area (Å²) < 4.78 is 4.88. The number of methoxy groups -OCH3 is 1. The summed E-state index contributed by atoms with van der Waals surface area (Å²) >= 11 is 0. The fraction of sp³-hybridized carbons (Fsp3) is 0.333. The van der Waals surface area contributed by atoms with Crippen LogP contribution in [0.25, 0.3) is 6.08 Å². The maximum atomic E-state index is 11.5. The minimum absolute atomic E-state index is 0.00287. The number of ether oxygens (including phenoxy) is 1. The van der Waals surface area contributed by atoms with Gasteiger partial charge in [0.25, 0.3) is 0 Å². The molecule has 0 aliphatic rings. The van der Waals surface area contributed by atoms with Gasteiger partial charge in [0.2, 0.25) is 5.91 Å². The first-order valence-electron chi connectivity index (χ1n) is 6.37. The average Bonchev–Trinajstić information content (AvgIpc) is 2.44. The normalized spacial score (nSPS) is 10.7. The molecular weight excluding hydrogens is 258 g/mol. The molecule has 1 amide bonds. The minimum atomic E-state index is -0.975. The second-order valence-corrected chi connectivity index (χ2v) is 4.29. The molecule has 5 nitrogen and oxygen atoms in total. The lowest BCUT2D eigenvalue weighted by atomic mass is 10.1. The maximum absolute atomic E-state index is 11.5. The van der Waals surface area contributed by atoms with Crippen LogP contribution in [0, 0.1) is 0 Å². The van der Waals surface area contributed by atoms with Crippen LogP contribution in [-0.2, 0) is 20.9 Å². The van der Waals surface area contributed by atoms with Crippen LogP contribution in [0.4, 0.5) is 0 Å². The van der Waals surface area contributed by atoms with Crippen LogP contribution in [0.5, 0.6) is 0 Å². The monoisotopic (exact) mass is 277 g/mol. The van der Waals surface area contributed by atoms with E-state index in [9.17, 15) is 9.59 Å². The summed E-state index contributed by atoms with van der Waals surface area (Å²) in [5, 5.41) is 11.3. The molecule has 0 fully saturated rings. The van der Waals surface area contributed by atoms with Gasteiger partial charge in [0.15, 0.2) is 0 Å². The lowest BCUT2D eigenvalue weighted by molar-refractivity contribution is -0.131. The third-order valence-corrected chi connectivity index (χ3v) is 2.64. The molecule has 0 bridgehead atoms. The van der Waals surface area contributed by atoms with E-state index >= 15 is 0 Å². The fourth-order valence-electron chi connectivity index (χ4n) is 1.58. The first-order valence-corrected chi connectivity index (χ1v) is 6.37. The summed E-state index contributed by atoms with van der Waals surface area (Å²) in [6, 6.07) is 7.34. The van der Waals surface area contributed by atoms with Crippen molar-refractivity contribution in [1.82, 2.24) is 5.32 Å². The predicted molar refractivity (Wildman–Crippen MR) is 76.1 cm³/mol. The van der Waals surface area contributed by atoms with Crippen molar-refractivity contribution < 1.29 is 19.4 Å². The van der Waals surface area contributed by atoms with Crippen LogP contribution in [0.3, 0.4) is 0 Å². The van der Waals surface area contributed by atoms with Crippen LogP contribution >= 0.6 is 0 Å². The molecule has 5 heteroatoms. The Kier molecular flexibility index (Phi) is 7.06. The molecule has 0 spiro atoms. The number of hydrogen-bond acceptors (Lipinski definition) is 3. The molecule has 0 saturated heterocycles. The molecule has 0 unspecified atom stereocenters. The van der Waals surface area contributed by atoms with Crippen molar-refractivity contribution in [3.05, 3.63) is 41.5 Å². The summed E-state index contributed by atoms with van der Waals surface area (Å²) in [5.41, 5.74) is 1.78. The number of hydrogen-bond donors (Lipinski definition) is 2. The topological polar surface area (TPSA) is 75.6 Å². The van der Waals surface area contributed by atoms with Crippen molar-refractivity contribution in [3.63, 3.8) is 0 Å². The maximum Gasteiger partial charge on any atom is 0.328 e. The molecule has 1 rings (SSSR count). The summed E-state index contributed by atoms with van der Waals surface area (Å²) in [5.74, 6) is -0.978. The Balaban J connectivity index is 2.38. The van der Waals surface area contributed by atoms with Gasteiger partial charge in [-0.2, -0.15) is 0 Å². The number of rotatable bonds is 8. The fourth-order valence-corrected chi connectivity index (χ4v) is 1.58. The highest BCUT2D eigenvalue weighted by Crippen LogP contribution is 2.06. The van der Waals surface area contributed by atoms with E-state index < -0.39 is 5.97 Å². The van der Waals surface area contributed by atoms with Gasteiger partial charge in [-0.25, -0.2) is 4.79 Å². The standard InChI is InChI=1S/C15H19NO4/c1-20-10-2-3-14(17)16-11-13-6-4-12(5-7-13)8-9-15(18)19/h4-9H,2-3,10-11H2,1H3,(H,16,17)(H,18,19)/b9-8+. The molecule has 0 heterocycles. The summed E-state index contributed by atoms with van der Waals surface area (Å²) in [6.07, 6.45) is 3.77. The van der Waals surface area contributed by atoms with Crippen LogP contribution < -0.4 is 5.32 Å². The molecule has 0 aliphatic carbocycles. The number of aliphatic carboxylic acids is 1. The predicted octanol–water partition coefficient (Wildman–Crippen LogP) is 1.83. The van der Waals surface area contributed by atoms with Crippen molar-refractivity contribution in [2.45, 2.75) is 19.4 Å². The van der Waals surface area contributed by atoms with Crippen molar-refractivity contribution in [2.75, 3.05) is 13.7 Å². The Morgan fingerprint density at radius 1 is 1.30 bits per heavy atom. The molecule has 0 aliphatic heterocycles. The summed E-state index contributed by atoms with van der Waals surface area (Å²) in [6.45, 7) is 1.05. The highest BCUT2D eigenvalue weighted by Gasteiger charge is 2.01. The van der Waals surface area contributed by atoms with Crippen LogP contribution in [0.1, 0.15) is 24.0 Å². The Bertz CT molecular complexity index is 465. The van der Waals surface area contributed by atoms with Gasteiger partial charge in [-0.05, 0) is 23.6 Å². The van der Waals surface area contributed by atoms with E-state index in [0.29, 0.717) is 26.0 Å². The first-order chi connectivity index (χ1) is 9.61. The minimum Gasteiger partial charge on any atom is -0.478 e. The smallest absolute Gasteiger partial charge is 0.328 e. The highest BCUT2D eigenvalue weighted by molar-refractivity contribution is 5.85. The van der Waals surface area contributed by atoms with Crippen LogP contribution in [-0.4, -0.2) is 30.7 Å². The molecule has 0 atom stereocenters. The van der Waals surface area contributed by atoms with Gasteiger partial charge < -0.3 is 15.2 Å². The third-order valence-electron chi connectivity index (χ3n) is 2.64. The highest BCUT2D eigenvalue weighted by atomic mass is 16.5. The summed E-state index contributed by atoms with van der Waals surface area (Å²) in [7, 11) is 1.61. The number of benzene rings is 1. The Morgan fingerprint density at radius 2 is 2.00 bits per heavy atom. The van der Waals surface area contributed by atoms with E-state index in [4.69, 9.17) is 9.84 Å². The lowest BCUT2D eigenvalue weighted by Gasteiger charge is -2.05. The Labute approximate surface area is 118 Å².